The first kappa shape index (κ1) is 21.3. The van der Waals surface area contributed by atoms with E-state index in [0.717, 1.165) is 17.2 Å². The van der Waals surface area contributed by atoms with Crippen LogP contribution in [0.2, 0.25) is 0 Å². The van der Waals surface area contributed by atoms with Crippen LogP contribution < -0.4 is 0 Å². The largest absolute Gasteiger partial charge is 0.274 e. The van der Waals surface area contributed by atoms with Crippen LogP contribution in [0.15, 0.2) is 60.7 Å². The van der Waals surface area contributed by atoms with E-state index in [1.807, 2.05) is 36.4 Å². The van der Waals surface area contributed by atoms with Crippen molar-refractivity contribution in [2.24, 2.45) is 11.8 Å². The molecule has 1 aliphatic rings. The molecule has 0 fully saturated rings. The first-order valence-corrected chi connectivity index (χ1v) is 11.3. The van der Waals surface area contributed by atoms with Gasteiger partial charge in [0.2, 0.25) is 0 Å². The van der Waals surface area contributed by atoms with Crippen molar-refractivity contribution < 1.29 is 9.59 Å². The average molecular weight is 414 g/mol. The molecule has 1 aliphatic heterocycles. The molecule has 4 rings (SSSR count). The van der Waals surface area contributed by atoms with Gasteiger partial charge in [-0.25, -0.2) is 0 Å². The Balaban J connectivity index is 1.56. The SMILES string of the molecule is CC(C)CC(c1cccc(CCN2C(=O)c3cccc4cccc(c34)C2=O)c1)C(C)C. The van der Waals surface area contributed by atoms with Crippen molar-refractivity contribution in [2.75, 3.05) is 6.54 Å². The van der Waals surface area contributed by atoms with Crippen LogP contribution in [-0.4, -0.2) is 23.3 Å². The summed E-state index contributed by atoms with van der Waals surface area (Å²) in [5, 5.41) is 1.72. The van der Waals surface area contributed by atoms with Crippen molar-refractivity contribution in [3.8, 4) is 0 Å². The summed E-state index contributed by atoms with van der Waals surface area (Å²) in [5.74, 6) is 1.35. The standard InChI is InChI=1S/C28H31NO2/c1-18(2)16-25(19(3)4)22-11-5-8-20(17-22)14-15-29-27(30)23-12-6-9-21-10-7-13-24(26(21)23)28(29)31/h5-13,17-19,25H,14-16H2,1-4H3. The highest BCUT2D eigenvalue weighted by Gasteiger charge is 2.32. The third-order valence-electron chi connectivity index (χ3n) is 6.39. The smallest absolute Gasteiger partial charge is 0.261 e. The van der Waals surface area contributed by atoms with E-state index in [1.165, 1.54) is 16.0 Å². The lowest BCUT2D eigenvalue weighted by atomic mass is 9.81. The van der Waals surface area contributed by atoms with Crippen LogP contribution in [-0.2, 0) is 6.42 Å². The van der Waals surface area contributed by atoms with Crippen molar-refractivity contribution in [2.45, 2.75) is 46.5 Å². The van der Waals surface area contributed by atoms with E-state index in [0.29, 0.717) is 41.8 Å². The van der Waals surface area contributed by atoms with Crippen LogP contribution in [0, 0.1) is 11.8 Å². The molecular weight excluding hydrogens is 382 g/mol. The Labute approximate surface area is 185 Å². The number of benzene rings is 3. The second-order valence-electron chi connectivity index (χ2n) is 9.45. The number of imide groups is 1. The third kappa shape index (κ3) is 4.14. The maximum absolute atomic E-state index is 13.1. The number of amides is 2. The van der Waals surface area contributed by atoms with Gasteiger partial charge in [0, 0.05) is 23.1 Å². The minimum Gasteiger partial charge on any atom is -0.274 e. The summed E-state index contributed by atoms with van der Waals surface area (Å²) in [4.78, 5) is 27.7. The van der Waals surface area contributed by atoms with Gasteiger partial charge < -0.3 is 0 Å². The molecule has 0 aromatic heterocycles. The zero-order valence-electron chi connectivity index (χ0n) is 18.9. The molecule has 0 bridgehead atoms. The lowest BCUT2D eigenvalue weighted by molar-refractivity contribution is 0.0612. The highest BCUT2D eigenvalue weighted by atomic mass is 16.2. The second kappa shape index (κ2) is 8.66. The Morgan fingerprint density at radius 2 is 1.42 bits per heavy atom. The molecule has 3 nitrogen and oxygen atoms in total. The summed E-state index contributed by atoms with van der Waals surface area (Å²) < 4.78 is 0. The van der Waals surface area contributed by atoms with E-state index in [1.54, 1.807) is 0 Å². The van der Waals surface area contributed by atoms with Crippen molar-refractivity contribution in [1.29, 1.82) is 0 Å². The lowest BCUT2D eigenvalue weighted by Gasteiger charge is -2.27. The van der Waals surface area contributed by atoms with Crippen molar-refractivity contribution in [1.82, 2.24) is 4.90 Å². The summed E-state index contributed by atoms with van der Waals surface area (Å²) >= 11 is 0. The van der Waals surface area contributed by atoms with Crippen LogP contribution in [0.5, 0.6) is 0 Å². The first-order chi connectivity index (χ1) is 14.9. The monoisotopic (exact) mass is 413 g/mol. The van der Waals surface area contributed by atoms with E-state index in [2.05, 4.69) is 52.0 Å². The maximum Gasteiger partial charge on any atom is 0.261 e. The number of rotatable bonds is 7. The Morgan fingerprint density at radius 1 is 0.806 bits per heavy atom. The molecule has 0 saturated heterocycles. The fourth-order valence-corrected chi connectivity index (χ4v) is 4.80. The molecule has 1 unspecified atom stereocenters. The van der Waals surface area contributed by atoms with Gasteiger partial charge in [0.15, 0.2) is 0 Å². The van der Waals surface area contributed by atoms with Crippen LogP contribution >= 0.6 is 0 Å². The molecule has 3 aromatic carbocycles. The van der Waals surface area contributed by atoms with Gasteiger partial charge in [-0.2, -0.15) is 0 Å². The highest BCUT2D eigenvalue weighted by molar-refractivity contribution is 6.25. The third-order valence-corrected chi connectivity index (χ3v) is 6.39. The number of carbonyl (C=O) groups excluding carboxylic acids is 2. The van der Waals surface area contributed by atoms with Crippen LogP contribution in [0.3, 0.4) is 0 Å². The summed E-state index contributed by atoms with van der Waals surface area (Å²) in [5.41, 5.74) is 3.77. The van der Waals surface area contributed by atoms with E-state index >= 15 is 0 Å². The number of carbonyl (C=O) groups is 2. The molecule has 0 saturated carbocycles. The van der Waals surface area contributed by atoms with Gasteiger partial charge in [0.25, 0.3) is 11.8 Å². The predicted octanol–water partition coefficient (Wildman–Crippen LogP) is 6.46. The topological polar surface area (TPSA) is 37.4 Å². The Hall–Kier alpha value is -2.94. The molecule has 1 atom stereocenters. The quantitative estimate of drug-likeness (QED) is 0.417. The van der Waals surface area contributed by atoms with Gasteiger partial charge >= 0.3 is 0 Å². The molecule has 3 heteroatoms. The molecule has 31 heavy (non-hydrogen) atoms. The molecular formula is C28H31NO2. The molecule has 3 aromatic rings. The van der Waals surface area contributed by atoms with Gasteiger partial charge in [0.05, 0.1) is 0 Å². The van der Waals surface area contributed by atoms with Crippen LogP contribution in [0.4, 0.5) is 0 Å². The Bertz CT molecular complexity index is 1080. The zero-order chi connectivity index (χ0) is 22.1. The van der Waals surface area contributed by atoms with Crippen molar-refractivity contribution >= 4 is 22.6 Å². The highest BCUT2D eigenvalue weighted by Crippen LogP contribution is 2.32. The lowest BCUT2D eigenvalue weighted by Crippen LogP contribution is -2.41. The number of hydrogen-bond donors (Lipinski definition) is 0. The van der Waals surface area contributed by atoms with Crippen molar-refractivity contribution in [3.63, 3.8) is 0 Å². The van der Waals surface area contributed by atoms with Gasteiger partial charge in [-0.3, -0.25) is 14.5 Å². The van der Waals surface area contributed by atoms with Crippen LogP contribution in [0.1, 0.15) is 71.9 Å². The molecule has 0 aliphatic carbocycles. The Kier molecular flexibility index (Phi) is 5.95. The Morgan fingerprint density at radius 3 is 2.00 bits per heavy atom. The first-order valence-electron chi connectivity index (χ1n) is 11.3. The molecule has 1 heterocycles. The average Bonchev–Trinajstić information content (AvgIpc) is 2.75. The van der Waals surface area contributed by atoms with E-state index in [-0.39, 0.29) is 11.8 Å². The maximum atomic E-state index is 13.1. The van der Waals surface area contributed by atoms with Crippen molar-refractivity contribution in [3.05, 3.63) is 82.9 Å². The molecule has 160 valence electrons. The van der Waals surface area contributed by atoms with Gasteiger partial charge in [-0.05, 0) is 59.2 Å². The summed E-state index contributed by atoms with van der Waals surface area (Å²) in [6, 6.07) is 20.0. The normalized spacial score (nSPS) is 14.7. The fourth-order valence-electron chi connectivity index (χ4n) is 4.80. The second-order valence-corrected chi connectivity index (χ2v) is 9.45. The van der Waals surface area contributed by atoms with Crippen LogP contribution in [0.25, 0.3) is 10.8 Å². The fraction of sp³-hybridized carbons (Fsp3) is 0.357. The van der Waals surface area contributed by atoms with E-state index in [4.69, 9.17) is 0 Å². The predicted molar refractivity (Wildman–Crippen MR) is 126 cm³/mol. The summed E-state index contributed by atoms with van der Waals surface area (Å²) in [6.45, 7) is 9.49. The molecule has 0 radical (unpaired) electrons. The van der Waals surface area contributed by atoms with Gasteiger partial charge in [-0.1, -0.05) is 76.2 Å². The molecule has 2 amide bonds. The number of hydrogen-bond acceptors (Lipinski definition) is 2. The molecule has 0 N–H and O–H groups in total. The minimum absolute atomic E-state index is 0.190. The zero-order valence-corrected chi connectivity index (χ0v) is 18.9. The van der Waals surface area contributed by atoms with Gasteiger partial charge in [-0.15, -0.1) is 0 Å². The van der Waals surface area contributed by atoms with E-state index < -0.39 is 0 Å². The summed E-state index contributed by atoms with van der Waals surface area (Å²) in [7, 11) is 0. The van der Waals surface area contributed by atoms with E-state index in [9.17, 15) is 9.59 Å². The van der Waals surface area contributed by atoms with Gasteiger partial charge in [0.1, 0.15) is 0 Å². The minimum atomic E-state index is -0.190. The molecule has 0 spiro atoms. The number of nitrogens with zero attached hydrogens (tertiary/aromatic N) is 1. The summed E-state index contributed by atoms with van der Waals surface area (Å²) in [6.07, 6.45) is 1.82.